The lowest BCUT2D eigenvalue weighted by atomic mass is 10.3. The van der Waals surface area contributed by atoms with Gasteiger partial charge in [0.25, 0.3) is 5.91 Å². The van der Waals surface area contributed by atoms with Gasteiger partial charge in [0.05, 0.1) is 10.6 Å². The summed E-state index contributed by atoms with van der Waals surface area (Å²) in [6.45, 7) is 4.79. The lowest BCUT2D eigenvalue weighted by Gasteiger charge is -2.03. The van der Waals surface area contributed by atoms with Gasteiger partial charge in [0.1, 0.15) is 9.88 Å². The molecule has 4 nitrogen and oxygen atoms in total. The molecule has 1 amide bonds. The van der Waals surface area contributed by atoms with E-state index in [-0.39, 0.29) is 0 Å². The van der Waals surface area contributed by atoms with Crippen molar-refractivity contribution in [2.45, 2.75) is 18.7 Å². The number of allylic oxidation sites excluding steroid dienone is 1. The van der Waals surface area contributed by atoms with Gasteiger partial charge in [-0.25, -0.2) is 0 Å². The number of nitrogens with two attached hydrogens (primary N) is 2. The number of nitrogen functional groups attached to an aromatic ring is 1. The highest BCUT2D eigenvalue weighted by atomic mass is 32.2. The number of thiophene rings is 1. The second kappa shape index (κ2) is 5.97. The lowest BCUT2D eigenvalue weighted by molar-refractivity contribution is 0.100. The van der Waals surface area contributed by atoms with Crippen LogP contribution in [0, 0.1) is 0 Å². The summed E-state index contributed by atoms with van der Waals surface area (Å²) in [6.07, 6.45) is 4.00. The Hall–Kier alpha value is -1.14. The zero-order valence-electron chi connectivity index (χ0n) is 10.2. The maximum Gasteiger partial charge on any atom is 0.261 e. The number of thioether (sulfide) groups is 1. The van der Waals surface area contributed by atoms with Gasteiger partial charge in [0.2, 0.25) is 0 Å². The Morgan fingerprint density at radius 3 is 2.65 bits per heavy atom. The van der Waals surface area contributed by atoms with Crippen molar-refractivity contribution in [1.82, 2.24) is 0 Å². The van der Waals surface area contributed by atoms with Gasteiger partial charge in [-0.05, 0) is 20.1 Å². The first-order chi connectivity index (χ1) is 7.97. The zero-order chi connectivity index (χ0) is 13.0. The molecule has 6 heteroatoms. The number of carbonyl (C=O) groups is 1. The second-order valence-electron chi connectivity index (χ2n) is 3.73. The minimum atomic E-state index is -0.474. The van der Waals surface area contributed by atoms with E-state index in [0.717, 1.165) is 9.90 Å². The van der Waals surface area contributed by atoms with Gasteiger partial charge >= 0.3 is 0 Å². The average molecular weight is 271 g/mol. The zero-order valence-corrected chi connectivity index (χ0v) is 11.8. The van der Waals surface area contributed by atoms with Crippen LogP contribution in [0.2, 0.25) is 0 Å². The van der Waals surface area contributed by atoms with Gasteiger partial charge in [-0.1, -0.05) is 11.6 Å². The van der Waals surface area contributed by atoms with Crippen molar-refractivity contribution in [3.05, 3.63) is 16.5 Å². The van der Waals surface area contributed by atoms with Crippen molar-refractivity contribution in [3.63, 3.8) is 0 Å². The van der Waals surface area contributed by atoms with E-state index in [1.54, 1.807) is 0 Å². The molecule has 1 aromatic heterocycles. The number of primary amides is 1. The molecule has 0 bridgehead atoms. The lowest BCUT2D eigenvalue weighted by Crippen LogP contribution is -2.10. The van der Waals surface area contributed by atoms with Crippen molar-refractivity contribution in [1.29, 1.82) is 0 Å². The molecule has 0 spiro atoms. The van der Waals surface area contributed by atoms with Crippen LogP contribution < -0.4 is 16.8 Å². The Bertz CT molecular complexity index is 448. The van der Waals surface area contributed by atoms with Crippen molar-refractivity contribution in [2.24, 2.45) is 5.73 Å². The first-order valence-corrected chi connectivity index (χ1v) is 7.14. The SMILES string of the molecule is CSc1c(NCC=C(C)C)sc(C(N)=O)c1N. The third-order valence-electron chi connectivity index (χ3n) is 2.10. The predicted molar refractivity (Wildman–Crippen MR) is 77.0 cm³/mol. The van der Waals surface area contributed by atoms with E-state index in [4.69, 9.17) is 11.5 Å². The topological polar surface area (TPSA) is 81.1 Å². The van der Waals surface area contributed by atoms with Crippen LogP contribution in [-0.4, -0.2) is 18.7 Å². The summed E-state index contributed by atoms with van der Waals surface area (Å²) in [7, 11) is 0. The number of amides is 1. The Morgan fingerprint density at radius 1 is 1.53 bits per heavy atom. The Morgan fingerprint density at radius 2 is 2.18 bits per heavy atom. The number of nitrogens with one attached hydrogen (secondary N) is 1. The van der Waals surface area contributed by atoms with E-state index < -0.39 is 5.91 Å². The first kappa shape index (κ1) is 13.9. The summed E-state index contributed by atoms with van der Waals surface area (Å²) in [5, 5.41) is 4.15. The molecule has 0 radical (unpaired) electrons. The van der Waals surface area contributed by atoms with Crippen LogP contribution in [0.25, 0.3) is 0 Å². The molecule has 17 heavy (non-hydrogen) atoms. The Labute approximate surface area is 109 Å². The average Bonchev–Trinajstić information content (AvgIpc) is 2.54. The molecule has 5 N–H and O–H groups in total. The van der Waals surface area contributed by atoms with Crippen LogP contribution >= 0.6 is 23.1 Å². The van der Waals surface area contributed by atoms with Crippen molar-refractivity contribution < 1.29 is 4.79 Å². The van der Waals surface area contributed by atoms with Crippen LogP contribution in [0.5, 0.6) is 0 Å². The van der Waals surface area contributed by atoms with Crippen LogP contribution in [0.3, 0.4) is 0 Å². The molecule has 1 rings (SSSR count). The smallest absolute Gasteiger partial charge is 0.261 e. The normalized spacial score (nSPS) is 10.1. The van der Waals surface area contributed by atoms with Crippen LogP contribution in [0.4, 0.5) is 10.7 Å². The second-order valence-corrected chi connectivity index (χ2v) is 5.57. The fraction of sp³-hybridized carbons (Fsp3) is 0.364. The van der Waals surface area contributed by atoms with Gasteiger partial charge in [-0.2, -0.15) is 0 Å². The molecule has 0 fully saturated rings. The number of hydrogen-bond acceptors (Lipinski definition) is 5. The van der Waals surface area contributed by atoms with Crippen LogP contribution in [0.15, 0.2) is 16.5 Å². The molecule has 0 atom stereocenters. The maximum absolute atomic E-state index is 11.2. The number of hydrogen-bond donors (Lipinski definition) is 3. The van der Waals surface area contributed by atoms with Crippen LogP contribution in [-0.2, 0) is 0 Å². The number of carbonyl (C=O) groups excluding carboxylic acids is 1. The summed E-state index contributed by atoms with van der Waals surface area (Å²) in [5.74, 6) is -0.474. The quantitative estimate of drug-likeness (QED) is 0.568. The van der Waals surface area contributed by atoms with Crippen molar-refractivity contribution in [2.75, 3.05) is 23.9 Å². The summed E-state index contributed by atoms with van der Waals surface area (Å²) in [4.78, 5) is 12.5. The molecule has 1 aromatic rings. The minimum Gasteiger partial charge on any atom is -0.396 e. The van der Waals surface area contributed by atoms with Crippen molar-refractivity contribution >= 4 is 39.7 Å². The van der Waals surface area contributed by atoms with Gasteiger partial charge in [0, 0.05) is 6.54 Å². The third-order valence-corrected chi connectivity index (χ3v) is 4.24. The van der Waals surface area contributed by atoms with Crippen molar-refractivity contribution in [3.8, 4) is 0 Å². The fourth-order valence-corrected chi connectivity index (χ4v) is 3.17. The monoisotopic (exact) mass is 271 g/mol. The number of anilines is 2. The van der Waals surface area contributed by atoms with Gasteiger partial charge in [-0.15, -0.1) is 23.1 Å². The van der Waals surface area contributed by atoms with Gasteiger partial charge < -0.3 is 16.8 Å². The first-order valence-electron chi connectivity index (χ1n) is 5.10. The molecule has 0 saturated carbocycles. The highest BCUT2D eigenvalue weighted by molar-refractivity contribution is 7.99. The van der Waals surface area contributed by atoms with E-state index in [1.165, 1.54) is 28.7 Å². The predicted octanol–water partition coefficient (Wildman–Crippen LogP) is 2.53. The molecule has 0 unspecified atom stereocenters. The van der Waals surface area contributed by atoms with Crippen LogP contribution in [0.1, 0.15) is 23.5 Å². The largest absolute Gasteiger partial charge is 0.396 e. The van der Waals surface area contributed by atoms with E-state index in [9.17, 15) is 4.79 Å². The van der Waals surface area contributed by atoms with Gasteiger partial charge in [0.15, 0.2) is 0 Å². The molecule has 1 heterocycles. The molecular formula is C11H17N3OS2. The molecule has 0 aliphatic heterocycles. The number of rotatable bonds is 5. The summed E-state index contributed by atoms with van der Waals surface area (Å²) in [5.41, 5.74) is 12.9. The van der Waals surface area contributed by atoms with E-state index >= 15 is 0 Å². The Balaban J connectivity index is 2.95. The highest BCUT2D eigenvalue weighted by Crippen LogP contribution is 2.41. The van der Waals surface area contributed by atoms with E-state index in [0.29, 0.717) is 17.1 Å². The third kappa shape index (κ3) is 3.41. The van der Waals surface area contributed by atoms with E-state index in [1.807, 2.05) is 20.1 Å². The summed E-state index contributed by atoms with van der Waals surface area (Å²) in [6, 6.07) is 0. The standard InChI is InChI=1S/C11H17N3OS2/c1-6(2)4-5-14-11-9(16-3)7(12)8(17-11)10(13)15/h4,14H,5,12H2,1-3H3,(H2,13,15). The van der Waals surface area contributed by atoms with Gasteiger partial charge in [-0.3, -0.25) is 4.79 Å². The molecule has 0 aliphatic rings. The molecular weight excluding hydrogens is 254 g/mol. The fourth-order valence-electron chi connectivity index (χ4n) is 1.28. The summed E-state index contributed by atoms with van der Waals surface area (Å²) < 4.78 is 0. The molecule has 0 aliphatic carbocycles. The molecule has 0 saturated heterocycles. The molecule has 94 valence electrons. The molecule has 0 aromatic carbocycles. The minimum absolute atomic E-state index is 0.425. The summed E-state index contributed by atoms with van der Waals surface area (Å²) >= 11 is 2.82. The highest BCUT2D eigenvalue weighted by Gasteiger charge is 2.18. The maximum atomic E-state index is 11.2. The Kier molecular flexibility index (Phi) is 4.89. The van der Waals surface area contributed by atoms with E-state index in [2.05, 4.69) is 11.4 Å².